The van der Waals surface area contributed by atoms with Crippen LogP contribution in [0.2, 0.25) is 0 Å². The van der Waals surface area contributed by atoms with E-state index in [4.69, 9.17) is 9.84 Å². The number of amides is 2. The highest BCUT2D eigenvalue weighted by molar-refractivity contribution is 7.93. The van der Waals surface area contributed by atoms with Gasteiger partial charge in [0.05, 0.1) is 33.9 Å². The number of halogens is 2. The van der Waals surface area contributed by atoms with E-state index in [2.05, 4.69) is 19.9 Å². The van der Waals surface area contributed by atoms with Gasteiger partial charge in [-0.05, 0) is 31.5 Å². The van der Waals surface area contributed by atoms with Crippen molar-refractivity contribution in [2.24, 2.45) is 9.78 Å². The molecule has 2 aromatic rings. The number of anilines is 3. The Morgan fingerprint density at radius 1 is 1.13 bits per heavy atom. The lowest BCUT2D eigenvalue weighted by Crippen LogP contribution is -2.66. The molecule has 0 aliphatic carbocycles. The Balaban J connectivity index is 1.48. The Bertz CT molecular complexity index is 1430. The van der Waals surface area contributed by atoms with E-state index < -0.39 is 27.7 Å². The summed E-state index contributed by atoms with van der Waals surface area (Å²) in [6, 6.07) is 5.98. The Labute approximate surface area is 224 Å². The average Bonchev–Trinajstić information content (AvgIpc) is 2.97. The van der Waals surface area contributed by atoms with Gasteiger partial charge in [0.2, 0.25) is 5.92 Å². The number of nitrogens with one attached hydrogen (secondary N) is 1. The smallest absolute Gasteiger partial charge is 0.439 e. The molecule has 1 spiro atoms. The molecule has 5 rings (SSSR count). The quantitative estimate of drug-likeness (QED) is 0.558. The zero-order valence-corrected chi connectivity index (χ0v) is 22.5. The molecule has 1 atom stereocenters. The van der Waals surface area contributed by atoms with Crippen LogP contribution in [0.3, 0.4) is 0 Å². The molecule has 3 aliphatic heterocycles. The number of alkyl halides is 2. The number of carbonyl (C=O) groups is 2. The van der Waals surface area contributed by atoms with Crippen molar-refractivity contribution >= 4 is 39.1 Å². The van der Waals surface area contributed by atoms with E-state index in [-0.39, 0.29) is 53.2 Å². The first-order chi connectivity index (χ1) is 18.4. The molecule has 3 saturated heterocycles. The van der Waals surface area contributed by atoms with Crippen LogP contribution < -0.4 is 15.1 Å². The molecule has 0 radical (unpaired) electrons. The normalized spacial score (nSPS) is 21.2. The Kier molecular flexibility index (Phi) is 6.95. The zero-order valence-electron chi connectivity index (χ0n) is 21.7. The second-order valence-electron chi connectivity index (χ2n) is 10.6. The van der Waals surface area contributed by atoms with Gasteiger partial charge in [-0.25, -0.2) is 17.8 Å². The van der Waals surface area contributed by atoms with E-state index >= 15 is 0 Å². The number of hydrogen-bond acceptors (Lipinski definition) is 8. The first kappa shape index (κ1) is 27.2. The molecule has 11 nitrogen and oxygen atoms in total. The molecule has 39 heavy (non-hydrogen) atoms. The average molecular weight is 565 g/mol. The predicted molar refractivity (Wildman–Crippen MR) is 140 cm³/mol. The van der Waals surface area contributed by atoms with Crippen molar-refractivity contribution in [3.63, 3.8) is 0 Å². The Hall–Kier alpha value is -3.39. The van der Waals surface area contributed by atoms with Crippen molar-refractivity contribution in [3.8, 4) is 0 Å². The highest BCUT2D eigenvalue weighted by Gasteiger charge is 2.50. The van der Waals surface area contributed by atoms with Gasteiger partial charge in [-0.3, -0.25) is 4.79 Å². The van der Waals surface area contributed by atoms with Crippen molar-refractivity contribution in [2.45, 2.75) is 37.0 Å². The van der Waals surface area contributed by atoms with E-state index in [1.54, 1.807) is 17.9 Å². The molecule has 3 fully saturated rings. The van der Waals surface area contributed by atoms with Gasteiger partial charge < -0.3 is 25.0 Å². The maximum atomic E-state index is 14.1. The summed E-state index contributed by atoms with van der Waals surface area (Å²) in [5.74, 6) is -2.55. The lowest BCUT2D eigenvalue weighted by atomic mass is 9.78. The van der Waals surface area contributed by atoms with Crippen LogP contribution >= 0.6 is 0 Å². The number of rotatable bonds is 5. The van der Waals surface area contributed by atoms with Gasteiger partial charge >= 0.3 is 6.09 Å². The minimum Gasteiger partial charge on any atom is -0.463 e. The Morgan fingerprint density at radius 2 is 1.85 bits per heavy atom. The van der Waals surface area contributed by atoms with Crippen LogP contribution in [-0.4, -0.2) is 83.1 Å². The maximum Gasteiger partial charge on any atom is 0.439 e. The van der Waals surface area contributed by atoms with E-state index in [0.717, 1.165) is 13.1 Å². The third-order valence-corrected chi connectivity index (χ3v) is 9.00. The van der Waals surface area contributed by atoms with E-state index in [1.165, 1.54) is 24.5 Å². The predicted octanol–water partition coefficient (Wildman–Crippen LogP) is 3.63. The summed E-state index contributed by atoms with van der Waals surface area (Å²) < 4.78 is 49.6. The summed E-state index contributed by atoms with van der Waals surface area (Å²) in [4.78, 5) is 28.6. The van der Waals surface area contributed by atoms with E-state index in [9.17, 15) is 22.6 Å². The fraction of sp³-hybridized carbons (Fsp3) is 0.520. The van der Waals surface area contributed by atoms with E-state index in [1.807, 2.05) is 4.90 Å². The van der Waals surface area contributed by atoms with Crippen molar-refractivity contribution in [3.05, 3.63) is 35.4 Å². The van der Waals surface area contributed by atoms with Crippen molar-refractivity contribution in [1.82, 2.24) is 10.2 Å². The molecular weight excluding hydrogens is 534 g/mol. The monoisotopic (exact) mass is 564 g/mol. The van der Waals surface area contributed by atoms with E-state index in [0.29, 0.717) is 31.1 Å². The van der Waals surface area contributed by atoms with Gasteiger partial charge in [-0.2, -0.15) is 0 Å². The number of ether oxygens (including phenoxy) is 1. The number of carboxylic acid groups (broad SMARTS) is 1. The van der Waals surface area contributed by atoms with Gasteiger partial charge in [-0.1, -0.05) is 6.07 Å². The summed E-state index contributed by atoms with van der Waals surface area (Å²) in [6.07, 6.45) is -0.712. The summed E-state index contributed by atoms with van der Waals surface area (Å²) in [7, 11) is -3.25. The molecule has 2 amide bonds. The molecule has 4 heterocycles. The lowest BCUT2D eigenvalue weighted by molar-refractivity contribution is -0.127. The van der Waals surface area contributed by atoms with Gasteiger partial charge in [0, 0.05) is 61.4 Å². The van der Waals surface area contributed by atoms with Crippen molar-refractivity contribution in [2.75, 3.05) is 60.8 Å². The molecule has 2 N–H and O–H groups in total. The van der Waals surface area contributed by atoms with Crippen LogP contribution in [0.1, 0.15) is 35.2 Å². The molecule has 1 aromatic heterocycles. The molecule has 0 saturated carbocycles. The van der Waals surface area contributed by atoms with Gasteiger partial charge in [0.15, 0.2) is 11.6 Å². The van der Waals surface area contributed by atoms with Gasteiger partial charge in [0.25, 0.3) is 5.91 Å². The number of nitrogens with zero attached hydrogens (tertiary/aromatic N) is 5. The van der Waals surface area contributed by atoms with Crippen molar-refractivity contribution in [1.29, 1.82) is 0 Å². The topological polar surface area (TPSA) is 137 Å². The SMILES string of the molecule is Cc1c(N2CC3(COC3)C2)nnc(N2CCCC(F)(F)CC2)c1C(=O)Nc1cccc(S(C)(=O)=NC(=O)O)c1. The standard InChI is InChI=1S/C25H30F2N6O5S/c1-16-19(22(34)28-17-5-3-6-18(11-17)39(2,37)31-23(35)36)21(32-9-4-7-25(26,27)8-10-32)30-29-20(16)33-12-24(13-33)14-38-15-24/h3,5-6,11H,4,7-10,12-15H2,1-2H3,(H,28,34)(H,35,36). The largest absolute Gasteiger partial charge is 0.463 e. The Morgan fingerprint density at radius 3 is 2.51 bits per heavy atom. The van der Waals surface area contributed by atoms with Crippen LogP contribution in [0, 0.1) is 12.3 Å². The van der Waals surface area contributed by atoms with Crippen LogP contribution in [0.4, 0.5) is 30.9 Å². The minimum atomic E-state index is -3.25. The molecule has 210 valence electrons. The highest BCUT2D eigenvalue weighted by Crippen LogP contribution is 2.42. The first-order valence-electron chi connectivity index (χ1n) is 12.6. The summed E-state index contributed by atoms with van der Waals surface area (Å²) >= 11 is 0. The summed E-state index contributed by atoms with van der Waals surface area (Å²) in [5, 5.41) is 20.5. The fourth-order valence-electron chi connectivity index (χ4n) is 5.26. The highest BCUT2D eigenvalue weighted by atomic mass is 32.2. The van der Waals surface area contributed by atoms with Gasteiger partial charge in [-0.15, -0.1) is 14.6 Å². The first-order valence-corrected chi connectivity index (χ1v) is 14.5. The number of benzene rings is 1. The van der Waals surface area contributed by atoms with Crippen LogP contribution in [-0.2, 0) is 14.5 Å². The zero-order chi connectivity index (χ0) is 28.0. The fourth-order valence-corrected chi connectivity index (χ4v) is 6.34. The second-order valence-corrected chi connectivity index (χ2v) is 12.8. The van der Waals surface area contributed by atoms with Crippen LogP contribution in [0.15, 0.2) is 33.5 Å². The molecule has 3 aliphatic rings. The lowest BCUT2D eigenvalue weighted by Gasteiger charge is -2.55. The van der Waals surface area contributed by atoms with Crippen LogP contribution in [0.5, 0.6) is 0 Å². The third-order valence-electron chi connectivity index (χ3n) is 7.37. The third kappa shape index (κ3) is 5.53. The number of aromatic nitrogens is 2. The molecule has 1 aromatic carbocycles. The second kappa shape index (κ2) is 9.97. The summed E-state index contributed by atoms with van der Waals surface area (Å²) in [5.41, 5.74) is 1.16. The van der Waals surface area contributed by atoms with Crippen molar-refractivity contribution < 1.29 is 32.4 Å². The molecule has 0 bridgehead atoms. The summed E-state index contributed by atoms with van der Waals surface area (Å²) in [6.45, 7) is 4.88. The number of carbonyl (C=O) groups excluding carboxylic acids is 1. The van der Waals surface area contributed by atoms with Crippen LogP contribution in [0.25, 0.3) is 0 Å². The molecular formula is C25H30F2N6O5S. The maximum absolute atomic E-state index is 14.1. The minimum absolute atomic E-state index is 0.0228. The van der Waals surface area contributed by atoms with Gasteiger partial charge in [0.1, 0.15) is 0 Å². The number of hydrogen-bond donors (Lipinski definition) is 2. The molecule has 1 unspecified atom stereocenters. The molecule has 14 heteroatoms.